The van der Waals surface area contributed by atoms with Crippen molar-refractivity contribution in [3.63, 3.8) is 0 Å². The van der Waals surface area contributed by atoms with Crippen molar-refractivity contribution in [1.29, 1.82) is 0 Å². The molecule has 1 aliphatic heterocycles. The fourth-order valence-corrected chi connectivity index (χ4v) is 14.7. The first-order valence-electron chi connectivity index (χ1n) is 27.3. The number of benzene rings is 8. The van der Waals surface area contributed by atoms with Gasteiger partial charge in [-0.1, -0.05) is 70.7 Å². The zero-order chi connectivity index (χ0) is 55.0. The molecule has 0 N–H and O–H groups in total. The van der Waals surface area contributed by atoms with Gasteiger partial charge in [0, 0.05) is 34.3 Å². The van der Waals surface area contributed by atoms with Gasteiger partial charge in [0.1, 0.15) is 0 Å². The summed E-state index contributed by atoms with van der Waals surface area (Å²) in [7, 11) is 0. The van der Waals surface area contributed by atoms with Crippen LogP contribution >= 0.6 is 11.3 Å². The van der Waals surface area contributed by atoms with E-state index in [1.54, 1.807) is 35.9 Å². The predicted octanol–water partition coefficient (Wildman–Crippen LogP) is 18.2. The van der Waals surface area contributed by atoms with Crippen LogP contribution in [0.25, 0.3) is 69.4 Å². The molecule has 0 aliphatic carbocycles. The average molecular weight is 1230 g/mol. The van der Waals surface area contributed by atoms with E-state index in [1.807, 2.05) is 61.7 Å². The smallest absolute Gasteiger partial charge is 3.00 e. The van der Waals surface area contributed by atoms with Crippen LogP contribution < -0.4 is 9.30 Å². The van der Waals surface area contributed by atoms with Crippen LogP contribution in [0.1, 0.15) is 70.4 Å². The van der Waals surface area contributed by atoms with Gasteiger partial charge in [-0.25, -0.2) is 11.3 Å². The minimum Gasteiger partial charge on any atom is 3.00 e. The summed E-state index contributed by atoms with van der Waals surface area (Å²) in [5, 5.41) is 11.8. The van der Waals surface area contributed by atoms with E-state index in [0.29, 0.717) is 22.2 Å². The third-order valence-electron chi connectivity index (χ3n) is 14.4. The Hall–Kier alpha value is -6.48. The Labute approximate surface area is 462 Å². The number of pyridine rings is 2. The molecule has 4 nitrogen and oxygen atoms in total. The Bertz CT molecular complexity index is 4090. The first-order chi connectivity index (χ1) is 37.2. The summed E-state index contributed by atoms with van der Waals surface area (Å²) in [5.74, 6) is 6.09. The maximum atomic E-state index is 15.6. The van der Waals surface area contributed by atoms with Crippen molar-refractivity contribution in [3.8, 4) is 22.4 Å². The minimum atomic E-state index is -2.43. The van der Waals surface area contributed by atoms with E-state index in [9.17, 15) is 0 Å². The molecule has 2 unspecified atom stereocenters. The summed E-state index contributed by atoms with van der Waals surface area (Å²) in [6, 6.07) is 54.4. The summed E-state index contributed by atoms with van der Waals surface area (Å²) in [4.78, 5) is 11.3. The van der Waals surface area contributed by atoms with E-state index in [-0.39, 0.29) is 37.4 Å². The zero-order valence-electron chi connectivity index (χ0n) is 47.7. The van der Waals surface area contributed by atoms with Crippen molar-refractivity contribution < 1.29 is 31.3 Å². The van der Waals surface area contributed by atoms with Crippen LogP contribution in [0.15, 0.2) is 164 Å². The number of rotatable bonds is 8. The molecule has 0 saturated carbocycles. The van der Waals surface area contributed by atoms with Crippen LogP contribution in [0.5, 0.6) is 0 Å². The molecule has 11 aromatic rings. The van der Waals surface area contributed by atoms with E-state index in [2.05, 4.69) is 145 Å². The number of hydrogen-bond acceptors (Lipinski definition) is 4. The SMILES string of the molecule is Cc1cc(-c2ccccc2)cc(C)c1N1c2cc3c(C)c(C)c4ccccc4c3cc2[N-]C1c1[c-]cc(F)c2c1sc1ccncc12.[2H]C([2H])([2H])c1c[c-]c(-c2cc(C([2H])([2H])C(C)c3ccccc3)[c]([Ge]([CH3])([CH3])[CH3])cn2)cc1.[Ir+3]. The van der Waals surface area contributed by atoms with Gasteiger partial charge < -0.3 is 10.2 Å². The standard InChI is InChI=1S/C42H30FN3S.C24H28GeN.Ir/c1-23-18-28(27-10-6-5-7-11-27)19-24(2)40(23)46-37-21-32-26(4)25(3)29-12-8-9-13-30(29)33(32)20-36(37)45-42(46)31-14-15-35(43)39-34-22-44-17-16-38(34)47-41(31)39;1-18-11-13-21(14-12-18)24-16-22(23(17-26-24)25(3,4)5)15-19(2)20-9-7-6-8-10-20;/h5-13,15-22,42H,1-4H3;6-13,16-17,19H,15H2,1-5H3;/q-2;-1;+3/i;1D3,15D2;. The molecule has 8 aromatic carbocycles. The molecule has 1 aliphatic rings. The third kappa shape index (κ3) is 9.49. The van der Waals surface area contributed by atoms with Gasteiger partial charge in [-0.3, -0.25) is 9.37 Å². The second-order valence-corrected chi connectivity index (χ2v) is 31.9. The number of thiophene rings is 1. The molecule has 0 saturated heterocycles. The number of aromatic nitrogens is 2. The molecule has 12 rings (SSSR count). The van der Waals surface area contributed by atoms with E-state index in [0.717, 1.165) is 58.5 Å². The normalized spacial score (nSPS) is 15.0. The number of aryl methyl sites for hydroxylation is 5. The second-order valence-electron chi connectivity index (χ2n) is 20.2. The second kappa shape index (κ2) is 20.7. The fourth-order valence-electron chi connectivity index (χ4n) is 10.5. The number of hydrogen-bond donors (Lipinski definition) is 0. The van der Waals surface area contributed by atoms with E-state index in [1.165, 1.54) is 55.9 Å². The van der Waals surface area contributed by atoms with Crippen molar-refractivity contribution in [3.05, 3.63) is 232 Å². The molecule has 2 atom stereocenters. The number of nitrogens with zero attached hydrogens (tertiary/aromatic N) is 4. The Morgan fingerprint density at radius 2 is 1.46 bits per heavy atom. The van der Waals surface area contributed by atoms with Gasteiger partial charge in [0.25, 0.3) is 0 Å². The van der Waals surface area contributed by atoms with Crippen molar-refractivity contribution in [2.45, 2.75) is 77.2 Å². The van der Waals surface area contributed by atoms with Crippen LogP contribution in [0.3, 0.4) is 0 Å². The van der Waals surface area contributed by atoms with E-state index >= 15 is 4.39 Å². The van der Waals surface area contributed by atoms with Gasteiger partial charge in [0.05, 0.1) is 0 Å². The molecular formula is C66H58FGeIrN4S. The van der Waals surface area contributed by atoms with Gasteiger partial charge >= 0.3 is 188 Å². The van der Waals surface area contributed by atoms with Gasteiger partial charge in [0.15, 0.2) is 0 Å². The van der Waals surface area contributed by atoms with Crippen molar-refractivity contribution >= 4 is 87.8 Å². The van der Waals surface area contributed by atoms with Gasteiger partial charge in [-0.15, -0.1) is 17.3 Å². The van der Waals surface area contributed by atoms with Crippen molar-refractivity contribution in [2.24, 2.45) is 0 Å². The van der Waals surface area contributed by atoms with Crippen molar-refractivity contribution in [1.82, 2.24) is 9.97 Å². The Morgan fingerprint density at radius 1 is 0.757 bits per heavy atom. The average Bonchev–Trinajstić information content (AvgIpc) is 4.24. The van der Waals surface area contributed by atoms with Crippen LogP contribution in [-0.2, 0) is 26.5 Å². The summed E-state index contributed by atoms with van der Waals surface area (Å²) < 4.78 is 59.3. The van der Waals surface area contributed by atoms with Gasteiger partial charge in [-0.2, -0.15) is 6.07 Å². The quantitative estimate of drug-likeness (QED) is 0.0865. The Morgan fingerprint density at radius 3 is 2.16 bits per heavy atom. The van der Waals surface area contributed by atoms with Crippen LogP contribution in [-0.4, -0.2) is 23.2 Å². The Kier molecular flexibility index (Phi) is 12.6. The van der Waals surface area contributed by atoms with Crippen LogP contribution in [0.4, 0.5) is 21.5 Å². The van der Waals surface area contributed by atoms with Crippen LogP contribution in [0.2, 0.25) is 17.3 Å². The number of anilines is 2. The molecular weight excluding hydrogens is 1160 g/mol. The van der Waals surface area contributed by atoms with Crippen LogP contribution in [0, 0.1) is 52.5 Å². The summed E-state index contributed by atoms with van der Waals surface area (Å²) >= 11 is -0.850. The first kappa shape index (κ1) is 45.0. The molecule has 0 bridgehead atoms. The largest absolute Gasteiger partial charge is 3.00 e. The summed E-state index contributed by atoms with van der Waals surface area (Å²) in [5.41, 5.74) is 14.3. The molecule has 368 valence electrons. The minimum absolute atomic E-state index is 0. The monoisotopic (exact) mass is 1230 g/mol. The maximum Gasteiger partial charge on any atom is 3.00 e. The van der Waals surface area contributed by atoms with E-state index < -0.39 is 32.7 Å². The Balaban J connectivity index is 0.000000192. The molecule has 3 aromatic heterocycles. The summed E-state index contributed by atoms with van der Waals surface area (Å²) in [6.45, 7) is 8.54. The molecule has 0 spiro atoms. The molecule has 0 fully saturated rings. The molecule has 0 amide bonds. The van der Waals surface area contributed by atoms with Crippen molar-refractivity contribution in [2.75, 3.05) is 4.90 Å². The summed E-state index contributed by atoms with van der Waals surface area (Å²) in [6.07, 6.45) is 3.33. The molecule has 4 heterocycles. The topological polar surface area (TPSA) is 43.1 Å². The third-order valence-corrected chi connectivity index (χ3v) is 19.8. The van der Waals surface area contributed by atoms with Gasteiger partial charge in [0.2, 0.25) is 0 Å². The van der Waals surface area contributed by atoms with Gasteiger partial charge in [-0.05, 0) is 118 Å². The fraction of sp³-hybridized carbons (Fsp3) is 0.182. The molecule has 0 radical (unpaired) electrons. The zero-order valence-corrected chi connectivity index (χ0v) is 48.0. The number of fused-ring (bicyclic) bond motifs is 7. The molecule has 74 heavy (non-hydrogen) atoms. The predicted molar refractivity (Wildman–Crippen MR) is 311 cm³/mol. The van der Waals surface area contributed by atoms with E-state index in [4.69, 9.17) is 12.2 Å². The first-order valence-corrected chi connectivity index (χ1v) is 32.9. The number of halogens is 1. The maximum absolute atomic E-state index is 15.6. The molecule has 8 heteroatoms.